The number of aliphatic hydroxyl groups excluding tert-OH is 1. The number of carbonyl (C=O) groups is 2. The summed E-state index contributed by atoms with van der Waals surface area (Å²) in [5, 5.41) is 11.4. The summed E-state index contributed by atoms with van der Waals surface area (Å²) in [7, 11) is 1.61. The lowest BCUT2D eigenvalue weighted by Gasteiger charge is -2.30. The van der Waals surface area contributed by atoms with Crippen LogP contribution < -0.4 is 4.74 Å². The molecule has 6 nitrogen and oxygen atoms in total. The van der Waals surface area contributed by atoms with E-state index >= 15 is 0 Å². The number of rotatable bonds is 4. The zero-order chi connectivity index (χ0) is 23.0. The van der Waals surface area contributed by atoms with E-state index in [-0.39, 0.29) is 22.8 Å². The fourth-order valence-corrected chi connectivity index (χ4v) is 4.87. The summed E-state index contributed by atoms with van der Waals surface area (Å²) >= 11 is 0. The van der Waals surface area contributed by atoms with Crippen molar-refractivity contribution in [1.29, 1.82) is 0 Å². The number of nitrogens with zero attached hydrogens (tertiary/aromatic N) is 2. The Hall–Kier alpha value is -3.15. The zero-order valence-electron chi connectivity index (χ0n) is 19.1. The van der Waals surface area contributed by atoms with E-state index in [0.717, 1.165) is 36.8 Å². The summed E-state index contributed by atoms with van der Waals surface area (Å²) in [6.07, 6.45) is 7.10. The van der Waals surface area contributed by atoms with Gasteiger partial charge < -0.3 is 14.7 Å². The van der Waals surface area contributed by atoms with Crippen molar-refractivity contribution >= 4 is 17.4 Å². The normalized spacial score (nSPS) is 21.4. The summed E-state index contributed by atoms with van der Waals surface area (Å²) in [6.45, 7) is 6.18. The second-order valence-corrected chi connectivity index (χ2v) is 9.60. The Balaban J connectivity index is 1.89. The molecule has 32 heavy (non-hydrogen) atoms. The number of pyridine rings is 1. The third-order valence-electron chi connectivity index (χ3n) is 6.48. The standard InChI is InChI=1S/C26H30N2O4/c1-26(2,3)19-14-16(11-12-20(19)32-4)23(29)21-22(17-8-7-13-27-15-17)28(25(31)24(21)30)18-9-5-6-10-18/h7-8,11-15,18,22,29H,5-6,9-10H2,1-4H3/b23-21-. The smallest absolute Gasteiger partial charge is 0.295 e. The first kappa shape index (κ1) is 22.1. The summed E-state index contributed by atoms with van der Waals surface area (Å²) in [5.41, 5.74) is 2.02. The number of aromatic nitrogens is 1. The molecule has 0 bridgehead atoms. The first-order chi connectivity index (χ1) is 15.2. The molecule has 2 fully saturated rings. The van der Waals surface area contributed by atoms with Gasteiger partial charge in [-0.05, 0) is 48.1 Å². The minimum Gasteiger partial charge on any atom is -0.507 e. The van der Waals surface area contributed by atoms with Crippen LogP contribution >= 0.6 is 0 Å². The van der Waals surface area contributed by atoms with Crippen LogP contribution in [0.15, 0.2) is 48.3 Å². The van der Waals surface area contributed by atoms with E-state index in [0.29, 0.717) is 11.3 Å². The molecule has 1 aromatic carbocycles. The van der Waals surface area contributed by atoms with E-state index in [9.17, 15) is 14.7 Å². The molecule has 1 saturated heterocycles. The Morgan fingerprint density at radius 2 is 1.88 bits per heavy atom. The molecular weight excluding hydrogens is 404 g/mol. The third kappa shape index (κ3) is 3.78. The van der Waals surface area contributed by atoms with Gasteiger partial charge in [-0.25, -0.2) is 0 Å². The van der Waals surface area contributed by atoms with Gasteiger partial charge in [0.05, 0.1) is 18.7 Å². The topological polar surface area (TPSA) is 79.7 Å². The molecule has 1 aromatic heterocycles. The third-order valence-corrected chi connectivity index (χ3v) is 6.48. The van der Waals surface area contributed by atoms with Crippen molar-refractivity contribution in [1.82, 2.24) is 9.88 Å². The van der Waals surface area contributed by atoms with Crippen molar-refractivity contribution in [3.8, 4) is 5.75 Å². The number of hydrogen-bond acceptors (Lipinski definition) is 5. The highest BCUT2D eigenvalue weighted by Crippen LogP contribution is 2.44. The molecule has 0 radical (unpaired) electrons. The van der Waals surface area contributed by atoms with Crippen LogP contribution in [0.2, 0.25) is 0 Å². The van der Waals surface area contributed by atoms with Crippen LogP contribution in [0, 0.1) is 0 Å². The first-order valence-electron chi connectivity index (χ1n) is 11.1. The highest BCUT2D eigenvalue weighted by atomic mass is 16.5. The van der Waals surface area contributed by atoms with E-state index in [4.69, 9.17) is 4.74 Å². The van der Waals surface area contributed by atoms with E-state index in [1.807, 2.05) is 12.1 Å². The van der Waals surface area contributed by atoms with Gasteiger partial charge in [-0.1, -0.05) is 39.7 Å². The summed E-state index contributed by atoms with van der Waals surface area (Å²) in [5.74, 6) is -0.636. The molecule has 0 spiro atoms. The molecule has 1 atom stereocenters. The molecular formula is C26H30N2O4. The number of likely N-dealkylation sites (tertiary alicyclic amines) is 1. The van der Waals surface area contributed by atoms with E-state index in [2.05, 4.69) is 25.8 Å². The maximum absolute atomic E-state index is 13.2. The predicted molar refractivity (Wildman–Crippen MR) is 122 cm³/mol. The van der Waals surface area contributed by atoms with Gasteiger partial charge in [0.15, 0.2) is 0 Å². The molecule has 2 aromatic rings. The number of ether oxygens (including phenoxy) is 1. The highest BCUT2D eigenvalue weighted by molar-refractivity contribution is 6.46. The number of carbonyl (C=O) groups excluding carboxylic acids is 2. The van der Waals surface area contributed by atoms with Gasteiger partial charge in [-0.3, -0.25) is 14.6 Å². The van der Waals surface area contributed by atoms with Crippen LogP contribution in [0.4, 0.5) is 0 Å². The number of aliphatic hydroxyl groups is 1. The molecule has 1 N–H and O–H groups in total. The molecule has 2 heterocycles. The Kier molecular flexibility index (Phi) is 5.80. The lowest BCUT2D eigenvalue weighted by molar-refractivity contribution is -0.141. The van der Waals surface area contributed by atoms with Crippen molar-refractivity contribution in [2.45, 2.75) is 64.0 Å². The van der Waals surface area contributed by atoms with Crippen LogP contribution in [0.25, 0.3) is 5.76 Å². The Labute approximate surface area is 188 Å². The number of Topliss-reactive ketones (excluding diaryl/α,β-unsaturated/α-hetero) is 1. The molecule has 1 unspecified atom stereocenters. The molecule has 1 amide bonds. The summed E-state index contributed by atoms with van der Waals surface area (Å²) < 4.78 is 5.51. The van der Waals surface area contributed by atoms with Crippen LogP contribution in [0.1, 0.15) is 69.2 Å². The number of benzene rings is 1. The van der Waals surface area contributed by atoms with Crippen LogP contribution in [0.3, 0.4) is 0 Å². The van der Waals surface area contributed by atoms with Gasteiger partial charge in [0.1, 0.15) is 11.5 Å². The minimum atomic E-state index is -0.646. The largest absolute Gasteiger partial charge is 0.507 e. The number of methoxy groups -OCH3 is 1. The maximum Gasteiger partial charge on any atom is 0.295 e. The van der Waals surface area contributed by atoms with E-state index < -0.39 is 17.7 Å². The van der Waals surface area contributed by atoms with Gasteiger partial charge in [-0.15, -0.1) is 0 Å². The molecule has 2 aliphatic rings. The quantitative estimate of drug-likeness (QED) is 0.427. The van der Waals surface area contributed by atoms with Crippen LogP contribution in [-0.4, -0.2) is 39.8 Å². The zero-order valence-corrected chi connectivity index (χ0v) is 19.1. The molecule has 4 rings (SSSR count). The molecule has 1 saturated carbocycles. The van der Waals surface area contributed by atoms with Gasteiger partial charge in [0.25, 0.3) is 11.7 Å². The SMILES string of the molecule is COc1ccc(/C(O)=C2/C(=O)C(=O)N(C3CCCC3)C2c2cccnc2)cc1C(C)(C)C. The van der Waals surface area contributed by atoms with Crippen LogP contribution in [-0.2, 0) is 15.0 Å². The molecule has 168 valence electrons. The van der Waals surface area contributed by atoms with Gasteiger partial charge in [-0.2, -0.15) is 0 Å². The maximum atomic E-state index is 13.2. The van der Waals surface area contributed by atoms with Crippen molar-refractivity contribution in [3.63, 3.8) is 0 Å². The number of amides is 1. The fourth-order valence-electron chi connectivity index (χ4n) is 4.87. The average molecular weight is 435 g/mol. The highest BCUT2D eigenvalue weighted by Gasteiger charge is 2.49. The fraction of sp³-hybridized carbons (Fsp3) is 0.423. The van der Waals surface area contributed by atoms with E-state index in [1.54, 1.807) is 42.6 Å². The summed E-state index contributed by atoms with van der Waals surface area (Å²) in [6, 6.07) is 8.35. The lowest BCUT2D eigenvalue weighted by Crippen LogP contribution is -2.37. The monoisotopic (exact) mass is 434 g/mol. The average Bonchev–Trinajstić information content (AvgIpc) is 3.39. The molecule has 1 aliphatic carbocycles. The molecule has 6 heteroatoms. The van der Waals surface area contributed by atoms with Crippen molar-refractivity contribution in [3.05, 3.63) is 65.0 Å². The summed E-state index contributed by atoms with van der Waals surface area (Å²) in [4.78, 5) is 32.2. The van der Waals surface area contributed by atoms with Crippen molar-refractivity contribution in [2.75, 3.05) is 7.11 Å². The second-order valence-electron chi connectivity index (χ2n) is 9.60. The number of hydrogen-bond donors (Lipinski definition) is 1. The lowest BCUT2D eigenvalue weighted by atomic mass is 9.84. The van der Waals surface area contributed by atoms with Gasteiger partial charge in [0.2, 0.25) is 0 Å². The first-order valence-corrected chi connectivity index (χ1v) is 11.1. The Morgan fingerprint density at radius 1 is 1.16 bits per heavy atom. The van der Waals surface area contributed by atoms with Crippen molar-refractivity contribution < 1.29 is 19.4 Å². The van der Waals surface area contributed by atoms with Gasteiger partial charge in [0, 0.05) is 29.6 Å². The Bertz CT molecular complexity index is 1060. The van der Waals surface area contributed by atoms with E-state index in [1.165, 1.54) is 0 Å². The Morgan fingerprint density at radius 3 is 2.47 bits per heavy atom. The second kappa shape index (κ2) is 8.41. The predicted octanol–water partition coefficient (Wildman–Crippen LogP) is 4.75. The van der Waals surface area contributed by atoms with Gasteiger partial charge >= 0.3 is 0 Å². The molecule has 1 aliphatic heterocycles. The van der Waals surface area contributed by atoms with Crippen LogP contribution in [0.5, 0.6) is 5.75 Å². The van der Waals surface area contributed by atoms with Crippen molar-refractivity contribution in [2.24, 2.45) is 0 Å². The number of ketones is 1. The minimum absolute atomic E-state index is 0.0111.